The first-order valence-electron chi connectivity index (χ1n) is 8.95. The summed E-state index contributed by atoms with van der Waals surface area (Å²) in [5.41, 5.74) is -0.209. The van der Waals surface area contributed by atoms with E-state index in [-0.39, 0.29) is 22.2 Å². The minimum absolute atomic E-state index is 0.0140. The van der Waals surface area contributed by atoms with E-state index in [4.69, 9.17) is 16.6 Å². The van der Waals surface area contributed by atoms with Crippen molar-refractivity contribution in [3.05, 3.63) is 44.6 Å². The summed E-state index contributed by atoms with van der Waals surface area (Å²) >= 11 is 7.32. The Kier molecular flexibility index (Phi) is 5.74. The van der Waals surface area contributed by atoms with Crippen molar-refractivity contribution >= 4 is 28.8 Å². The van der Waals surface area contributed by atoms with Crippen LogP contribution in [0.1, 0.15) is 66.3 Å². The summed E-state index contributed by atoms with van der Waals surface area (Å²) in [6, 6.07) is 1.48. The normalized spacial score (nSPS) is 16.5. The molecule has 152 valence electrons. The number of amides is 1. The maximum atomic E-state index is 13.0. The SMILES string of the molecule is CC(C)(C)c1csc(C2CCN(C(=O)c3cc(C(F)(F)F)cc(Cl)n3)CC2)n1. The second-order valence-corrected chi connectivity index (χ2v) is 9.23. The largest absolute Gasteiger partial charge is 0.416 e. The van der Waals surface area contributed by atoms with Crippen LogP contribution in [0.25, 0.3) is 0 Å². The van der Waals surface area contributed by atoms with Crippen LogP contribution in [0.3, 0.4) is 0 Å². The van der Waals surface area contributed by atoms with E-state index in [2.05, 4.69) is 31.1 Å². The van der Waals surface area contributed by atoms with Gasteiger partial charge in [-0.1, -0.05) is 32.4 Å². The minimum atomic E-state index is -4.58. The molecule has 0 spiro atoms. The molecule has 3 rings (SSSR count). The molecule has 0 atom stereocenters. The van der Waals surface area contributed by atoms with E-state index >= 15 is 0 Å². The lowest BCUT2D eigenvalue weighted by molar-refractivity contribution is -0.137. The highest BCUT2D eigenvalue weighted by Crippen LogP contribution is 2.34. The Labute approximate surface area is 170 Å². The molecule has 2 aromatic rings. The minimum Gasteiger partial charge on any atom is -0.337 e. The molecule has 1 fully saturated rings. The number of pyridine rings is 1. The van der Waals surface area contributed by atoms with Gasteiger partial charge in [-0.15, -0.1) is 11.3 Å². The van der Waals surface area contributed by atoms with Gasteiger partial charge < -0.3 is 4.90 Å². The molecule has 0 aliphatic carbocycles. The first-order chi connectivity index (χ1) is 12.9. The molecule has 0 aromatic carbocycles. The monoisotopic (exact) mass is 431 g/mol. The number of nitrogens with zero attached hydrogens (tertiary/aromatic N) is 3. The number of rotatable bonds is 2. The zero-order valence-corrected chi connectivity index (χ0v) is 17.4. The zero-order valence-electron chi connectivity index (χ0n) is 15.8. The number of likely N-dealkylation sites (tertiary alicyclic amines) is 1. The number of alkyl halides is 3. The quantitative estimate of drug-likeness (QED) is 0.587. The van der Waals surface area contributed by atoms with Crippen molar-refractivity contribution in [2.24, 2.45) is 0 Å². The Morgan fingerprint density at radius 3 is 2.36 bits per heavy atom. The van der Waals surface area contributed by atoms with Crippen molar-refractivity contribution in [1.82, 2.24) is 14.9 Å². The second-order valence-electron chi connectivity index (χ2n) is 7.95. The van der Waals surface area contributed by atoms with E-state index in [0.717, 1.165) is 35.7 Å². The summed E-state index contributed by atoms with van der Waals surface area (Å²) in [5.74, 6) is -0.274. The van der Waals surface area contributed by atoms with Gasteiger partial charge in [-0.05, 0) is 25.0 Å². The van der Waals surface area contributed by atoms with Crippen LogP contribution in [0.15, 0.2) is 17.5 Å². The van der Waals surface area contributed by atoms with Gasteiger partial charge in [0, 0.05) is 29.8 Å². The first-order valence-corrected chi connectivity index (χ1v) is 10.2. The lowest BCUT2D eigenvalue weighted by Gasteiger charge is -2.31. The predicted molar refractivity (Wildman–Crippen MR) is 103 cm³/mol. The number of piperidine rings is 1. The number of hydrogen-bond acceptors (Lipinski definition) is 4. The van der Waals surface area contributed by atoms with Gasteiger partial charge in [-0.3, -0.25) is 4.79 Å². The molecule has 0 bridgehead atoms. The molecule has 3 heterocycles. The topological polar surface area (TPSA) is 46.1 Å². The Hall–Kier alpha value is -1.67. The zero-order chi connectivity index (χ0) is 20.7. The summed E-state index contributed by atoms with van der Waals surface area (Å²) < 4.78 is 38.9. The molecule has 1 amide bonds. The number of carbonyl (C=O) groups excluding carboxylic acids is 1. The highest BCUT2D eigenvalue weighted by molar-refractivity contribution is 7.09. The van der Waals surface area contributed by atoms with Gasteiger partial charge in [0.25, 0.3) is 5.91 Å². The predicted octanol–water partition coefficient (Wildman–Crippen LogP) is 5.53. The average molecular weight is 432 g/mol. The molecule has 4 nitrogen and oxygen atoms in total. The van der Waals surface area contributed by atoms with Gasteiger partial charge in [-0.2, -0.15) is 13.2 Å². The van der Waals surface area contributed by atoms with Gasteiger partial charge in [0.1, 0.15) is 10.8 Å². The molecule has 1 aliphatic rings. The maximum absolute atomic E-state index is 13.0. The van der Waals surface area contributed by atoms with E-state index in [1.165, 1.54) is 4.90 Å². The molecule has 0 saturated carbocycles. The van der Waals surface area contributed by atoms with Crippen molar-refractivity contribution in [2.75, 3.05) is 13.1 Å². The fraction of sp³-hybridized carbons (Fsp3) is 0.526. The van der Waals surface area contributed by atoms with E-state index in [0.29, 0.717) is 13.1 Å². The smallest absolute Gasteiger partial charge is 0.337 e. The Balaban J connectivity index is 1.69. The highest BCUT2D eigenvalue weighted by atomic mass is 35.5. The number of halogens is 4. The molecular weight excluding hydrogens is 411 g/mol. The van der Waals surface area contributed by atoms with E-state index < -0.39 is 17.6 Å². The Bertz CT molecular complexity index is 868. The lowest BCUT2D eigenvalue weighted by Crippen LogP contribution is -2.38. The molecule has 2 aromatic heterocycles. The van der Waals surface area contributed by atoms with E-state index in [1.54, 1.807) is 11.3 Å². The summed E-state index contributed by atoms with van der Waals surface area (Å²) in [5, 5.41) is 2.78. The summed E-state index contributed by atoms with van der Waals surface area (Å²) in [4.78, 5) is 22.7. The van der Waals surface area contributed by atoms with Gasteiger partial charge in [0.2, 0.25) is 0 Å². The van der Waals surface area contributed by atoms with E-state index in [9.17, 15) is 18.0 Å². The van der Waals surface area contributed by atoms with Gasteiger partial charge in [0.05, 0.1) is 16.3 Å². The molecule has 1 aliphatic heterocycles. The van der Waals surface area contributed by atoms with Crippen LogP contribution in [0.4, 0.5) is 13.2 Å². The van der Waals surface area contributed by atoms with Crippen LogP contribution in [-0.2, 0) is 11.6 Å². The lowest BCUT2D eigenvalue weighted by atomic mass is 9.93. The Morgan fingerprint density at radius 1 is 1.18 bits per heavy atom. The highest BCUT2D eigenvalue weighted by Gasteiger charge is 2.33. The Morgan fingerprint density at radius 2 is 1.82 bits per heavy atom. The first kappa shape index (κ1) is 21.0. The van der Waals surface area contributed by atoms with Crippen LogP contribution >= 0.6 is 22.9 Å². The van der Waals surface area contributed by atoms with Crippen LogP contribution in [0.2, 0.25) is 5.15 Å². The third-order valence-corrected chi connectivity index (χ3v) is 5.96. The molecule has 28 heavy (non-hydrogen) atoms. The molecule has 0 radical (unpaired) electrons. The van der Waals surface area contributed by atoms with Crippen LogP contribution in [-0.4, -0.2) is 33.9 Å². The fourth-order valence-corrected chi connectivity index (χ4v) is 4.51. The summed E-state index contributed by atoms with van der Waals surface area (Å²) in [6.45, 7) is 7.23. The van der Waals surface area contributed by atoms with E-state index in [1.807, 2.05) is 0 Å². The van der Waals surface area contributed by atoms with Crippen LogP contribution < -0.4 is 0 Å². The van der Waals surface area contributed by atoms with Crippen LogP contribution in [0.5, 0.6) is 0 Å². The third-order valence-electron chi connectivity index (χ3n) is 4.76. The van der Waals surface area contributed by atoms with Crippen molar-refractivity contribution in [2.45, 2.75) is 51.1 Å². The average Bonchev–Trinajstić information content (AvgIpc) is 3.10. The third kappa shape index (κ3) is 4.66. The van der Waals surface area contributed by atoms with Gasteiger partial charge in [0.15, 0.2) is 0 Å². The number of thiazole rings is 1. The van der Waals surface area contributed by atoms with Crippen molar-refractivity contribution < 1.29 is 18.0 Å². The standard InChI is InChI=1S/C19H21ClF3N3OS/c1-18(2,3)14-10-28-16(25-14)11-4-6-26(7-5-11)17(27)13-8-12(19(21,22)23)9-15(20)24-13/h8-11H,4-7H2,1-3H3. The summed E-state index contributed by atoms with van der Waals surface area (Å²) in [7, 11) is 0. The summed E-state index contributed by atoms with van der Waals surface area (Å²) in [6.07, 6.45) is -3.14. The van der Waals surface area contributed by atoms with Crippen molar-refractivity contribution in [3.63, 3.8) is 0 Å². The molecule has 1 saturated heterocycles. The number of aromatic nitrogens is 2. The second kappa shape index (κ2) is 7.63. The molecule has 0 unspecified atom stereocenters. The number of carbonyl (C=O) groups is 1. The van der Waals surface area contributed by atoms with Gasteiger partial charge >= 0.3 is 6.18 Å². The van der Waals surface area contributed by atoms with Crippen molar-refractivity contribution in [1.29, 1.82) is 0 Å². The molecule has 0 N–H and O–H groups in total. The molecule has 9 heteroatoms. The van der Waals surface area contributed by atoms with Crippen LogP contribution in [0, 0.1) is 0 Å². The van der Waals surface area contributed by atoms with Gasteiger partial charge in [-0.25, -0.2) is 9.97 Å². The maximum Gasteiger partial charge on any atom is 0.416 e. The fourth-order valence-electron chi connectivity index (χ4n) is 3.08. The number of hydrogen-bond donors (Lipinski definition) is 0. The van der Waals surface area contributed by atoms with Crippen molar-refractivity contribution in [3.8, 4) is 0 Å². The molecular formula is C19H21ClF3N3OS.